The van der Waals surface area contributed by atoms with Gasteiger partial charge in [-0.05, 0) is 12.1 Å². The number of aromatic nitrogens is 2. The van der Waals surface area contributed by atoms with Crippen molar-refractivity contribution >= 4 is 11.5 Å². The highest BCUT2D eigenvalue weighted by molar-refractivity contribution is 5.90. The number of aromatic carboxylic acids is 1. The summed E-state index contributed by atoms with van der Waals surface area (Å²) in [6.45, 7) is 1.13. The molecule has 2 rings (SSSR count). The number of hydrogen-bond donors (Lipinski definition) is 2. The lowest BCUT2D eigenvalue weighted by Crippen LogP contribution is -2.12. The Morgan fingerprint density at radius 2 is 2.10 bits per heavy atom. The van der Waals surface area contributed by atoms with Gasteiger partial charge in [0, 0.05) is 18.1 Å². The predicted octanol–water partition coefficient (Wildman–Crippen LogP) is 2.15. The number of rotatable bonds is 3. The minimum absolute atomic E-state index is 0.0266. The average Bonchev–Trinajstić information content (AvgIpc) is 2.75. The van der Waals surface area contributed by atoms with E-state index in [1.54, 1.807) is 0 Å². The van der Waals surface area contributed by atoms with E-state index in [-0.39, 0.29) is 11.1 Å². The van der Waals surface area contributed by atoms with Gasteiger partial charge in [0.05, 0.1) is 5.52 Å². The molecular formula is C12H11F3N2O3. The number of fused-ring (bicyclic) bond motifs is 1. The fourth-order valence-corrected chi connectivity index (χ4v) is 2.04. The first-order valence-electron chi connectivity index (χ1n) is 5.70. The first kappa shape index (κ1) is 14.3. The Labute approximate surface area is 111 Å². The maximum Gasteiger partial charge on any atom is 0.433 e. The lowest BCUT2D eigenvalue weighted by atomic mass is 10.0. The number of aliphatic hydroxyl groups is 1. The zero-order chi connectivity index (χ0) is 15.1. The maximum atomic E-state index is 12.9. The molecular weight excluding hydrogens is 277 g/mol. The molecule has 0 aliphatic heterocycles. The van der Waals surface area contributed by atoms with Crippen LogP contribution in [0.2, 0.25) is 0 Å². The fourth-order valence-electron chi connectivity index (χ4n) is 2.04. The van der Waals surface area contributed by atoms with Crippen LogP contribution in [0.5, 0.6) is 0 Å². The van der Waals surface area contributed by atoms with Gasteiger partial charge in [-0.3, -0.25) is 0 Å². The summed E-state index contributed by atoms with van der Waals surface area (Å²) >= 11 is 0. The van der Waals surface area contributed by atoms with Crippen LogP contribution in [0, 0.1) is 0 Å². The Balaban J connectivity index is 2.84. The number of nitrogens with zero attached hydrogens (tertiary/aromatic N) is 2. The van der Waals surface area contributed by atoms with Crippen molar-refractivity contribution in [1.29, 1.82) is 0 Å². The van der Waals surface area contributed by atoms with Crippen molar-refractivity contribution in [3.8, 4) is 0 Å². The molecule has 0 aliphatic rings. The predicted molar refractivity (Wildman–Crippen MR) is 62.7 cm³/mol. The second kappa shape index (κ2) is 4.78. The quantitative estimate of drug-likeness (QED) is 0.907. The van der Waals surface area contributed by atoms with Crippen molar-refractivity contribution in [2.75, 3.05) is 6.61 Å². The summed E-state index contributed by atoms with van der Waals surface area (Å²) in [7, 11) is 0. The molecule has 5 nitrogen and oxygen atoms in total. The third kappa shape index (κ3) is 2.22. The van der Waals surface area contributed by atoms with Gasteiger partial charge in [-0.25, -0.2) is 9.31 Å². The Hall–Kier alpha value is -2.09. The second-order valence-electron chi connectivity index (χ2n) is 4.36. The van der Waals surface area contributed by atoms with Crippen LogP contribution >= 0.6 is 0 Å². The fraction of sp³-hybridized carbons (Fsp3) is 0.333. The summed E-state index contributed by atoms with van der Waals surface area (Å²) in [5, 5.41) is 21.7. The minimum atomic E-state index is -4.65. The number of carboxylic acids is 1. The van der Waals surface area contributed by atoms with Crippen molar-refractivity contribution < 1.29 is 28.2 Å². The third-order valence-electron chi connectivity index (χ3n) is 2.96. The Morgan fingerprint density at radius 1 is 1.45 bits per heavy atom. The van der Waals surface area contributed by atoms with Crippen LogP contribution in [-0.2, 0) is 6.18 Å². The molecule has 1 unspecified atom stereocenters. The molecule has 0 spiro atoms. The first-order valence-corrected chi connectivity index (χ1v) is 5.70. The van der Waals surface area contributed by atoms with Crippen LogP contribution in [0.1, 0.15) is 34.6 Å². The molecule has 1 atom stereocenters. The van der Waals surface area contributed by atoms with Crippen molar-refractivity contribution in [3.63, 3.8) is 0 Å². The molecule has 2 heterocycles. The van der Waals surface area contributed by atoms with E-state index in [9.17, 15) is 18.0 Å². The van der Waals surface area contributed by atoms with Crippen molar-refractivity contribution in [2.45, 2.75) is 19.0 Å². The van der Waals surface area contributed by atoms with Crippen LogP contribution in [0.3, 0.4) is 0 Å². The number of halogens is 3. The van der Waals surface area contributed by atoms with E-state index in [1.807, 2.05) is 0 Å². The largest absolute Gasteiger partial charge is 0.476 e. The van der Waals surface area contributed by atoms with E-state index in [2.05, 4.69) is 5.10 Å². The molecule has 0 fully saturated rings. The number of aliphatic hydroxyl groups excluding tert-OH is 1. The molecule has 0 saturated carbocycles. The lowest BCUT2D eigenvalue weighted by molar-refractivity contribution is -0.142. The lowest BCUT2D eigenvalue weighted by Gasteiger charge is -2.10. The van der Waals surface area contributed by atoms with Crippen molar-refractivity contribution in [2.24, 2.45) is 0 Å². The van der Waals surface area contributed by atoms with Crippen molar-refractivity contribution in [1.82, 2.24) is 9.61 Å². The number of carboxylic acid groups (broad SMARTS) is 1. The zero-order valence-electron chi connectivity index (χ0n) is 10.3. The highest BCUT2D eigenvalue weighted by Crippen LogP contribution is 2.32. The molecule has 0 amide bonds. The average molecular weight is 288 g/mol. The molecule has 0 aromatic carbocycles. The number of carbonyl (C=O) groups is 1. The van der Waals surface area contributed by atoms with E-state index in [4.69, 9.17) is 10.2 Å². The molecule has 20 heavy (non-hydrogen) atoms. The topological polar surface area (TPSA) is 74.8 Å². The zero-order valence-corrected chi connectivity index (χ0v) is 10.3. The van der Waals surface area contributed by atoms with Gasteiger partial charge in [0.1, 0.15) is 5.69 Å². The number of pyridine rings is 1. The molecule has 0 saturated heterocycles. The first-order chi connectivity index (χ1) is 9.27. The van der Waals surface area contributed by atoms with E-state index in [0.717, 1.165) is 6.07 Å². The van der Waals surface area contributed by atoms with E-state index >= 15 is 0 Å². The van der Waals surface area contributed by atoms with Crippen LogP contribution in [0.15, 0.2) is 18.2 Å². The highest BCUT2D eigenvalue weighted by Gasteiger charge is 2.35. The van der Waals surface area contributed by atoms with Gasteiger partial charge in [0.2, 0.25) is 0 Å². The number of alkyl halides is 3. The van der Waals surface area contributed by atoms with Gasteiger partial charge >= 0.3 is 12.1 Å². The van der Waals surface area contributed by atoms with Crippen LogP contribution in [0.25, 0.3) is 5.52 Å². The normalized spacial score (nSPS) is 13.7. The van der Waals surface area contributed by atoms with Gasteiger partial charge in [-0.2, -0.15) is 18.3 Å². The summed E-state index contributed by atoms with van der Waals surface area (Å²) in [5.41, 5.74) is -1.43. The summed E-state index contributed by atoms with van der Waals surface area (Å²) in [6, 6.07) is 3.34. The number of hydrogen-bond acceptors (Lipinski definition) is 3. The molecule has 0 bridgehead atoms. The monoisotopic (exact) mass is 288 g/mol. The maximum absolute atomic E-state index is 12.9. The Morgan fingerprint density at radius 3 is 2.60 bits per heavy atom. The molecule has 2 N–H and O–H groups in total. The smallest absolute Gasteiger partial charge is 0.433 e. The summed E-state index contributed by atoms with van der Waals surface area (Å²) in [4.78, 5) is 11.1. The summed E-state index contributed by atoms with van der Waals surface area (Å²) in [6.07, 6.45) is -4.65. The van der Waals surface area contributed by atoms with Crippen LogP contribution in [0.4, 0.5) is 13.2 Å². The van der Waals surface area contributed by atoms with Gasteiger partial charge in [0.25, 0.3) is 0 Å². The van der Waals surface area contributed by atoms with Gasteiger partial charge < -0.3 is 10.2 Å². The van der Waals surface area contributed by atoms with Gasteiger partial charge in [0.15, 0.2) is 5.69 Å². The molecule has 0 radical (unpaired) electrons. The standard InChI is InChI=1S/C12H11F3N2O3/c1-6(5-18)9-7-3-2-4-8(12(13,14)15)17(7)16-10(9)11(19)20/h2-4,6,18H,5H2,1H3,(H,19,20). The van der Waals surface area contributed by atoms with Crippen LogP contribution < -0.4 is 0 Å². The van der Waals surface area contributed by atoms with Gasteiger partial charge in [-0.15, -0.1) is 0 Å². The third-order valence-corrected chi connectivity index (χ3v) is 2.96. The highest BCUT2D eigenvalue weighted by atomic mass is 19.4. The molecule has 2 aromatic rings. The van der Waals surface area contributed by atoms with E-state index in [1.165, 1.54) is 19.1 Å². The summed E-state index contributed by atoms with van der Waals surface area (Å²) in [5.74, 6) is -2.07. The second-order valence-corrected chi connectivity index (χ2v) is 4.36. The summed E-state index contributed by atoms with van der Waals surface area (Å²) < 4.78 is 39.2. The molecule has 108 valence electrons. The van der Waals surface area contributed by atoms with Gasteiger partial charge in [-0.1, -0.05) is 13.0 Å². The Kier molecular flexibility index (Phi) is 3.43. The molecule has 8 heteroatoms. The molecule has 0 aliphatic carbocycles. The van der Waals surface area contributed by atoms with E-state index in [0.29, 0.717) is 4.52 Å². The molecule has 2 aromatic heterocycles. The van der Waals surface area contributed by atoms with E-state index < -0.39 is 36.1 Å². The SMILES string of the molecule is CC(CO)c1c(C(=O)O)nn2c(C(F)(F)F)cccc12. The minimum Gasteiger partial charge on any atom is -0.476 e. The van der Waals surface area contributed by atoms with Crippen LogP contribution in [-0.4, -0.2) is 32.4 Å². The Bertz CT molecular complexity index is 664. The van der Waals surface area contributed by atoms with Crippen molar-refractivity contribution in [3.05, 3.63) is 35.2 Å².